The molecule has 238 valence electrons. The van der Waals surface area contributed by atoms with Crippen LogP contribution in [0.5, 0.6) is 0 Å². The van der Waals surface area contributed by atoms with Crippen molar-refractivity contribution in [1.82, 2.24) is 0 Å². The summed E-state index contributed by atoms with van der Waals surface area (Å²) in [4.78, 5) is 0. The highest BCUT2D eigenvalue weighted by Crippen LogP contribution is 2.64. The van der Waals surface area contributed by atoms with E-state index in [1.165, 1.54) is 77.0 Å². The predicted molar refractivity (Wildman–Crippen MR) is 202 cm³/mol. The zero-order valence-electron chi connectivity index (χ0n) is 27.5. The molecule has 8 unspecified atom stereocenters. The van der Waals surface area contributed by atoms with Crippen molar-refractivity contribution in [3.05, 3.63) is 121 Å². The fourth-order valence-electron chi connectivity index (χ4n) is 11.0. The number of benzene rings is 4. The van der Waals surface area contributed by atoms with E-state index in [9.17, 15) is 0 Å². The van der Waals surface area contributed by atoms with Crippen LogP contribution in [0.15, 0.2) is 121 Å². The molecule has 8 atom stereocenters. The first-order chi connectivity index (χ1) is 22.9. The van der Waals surface area contributed by atoms with Crippen molar-refractivity contribution < 1.29 is 0 Å². The van der Waals surface area contributed by atoms with E-state index in [0.29, 0.717) is 0 Å². The molecule has 0 aromatic heterocycles. The SMILES string of the molecule is c1ccc(P(c2ccccc2)C2CCC3CCCCC3C2C2C3CCCCC3CCC2P(c2ccccc2)c2ccccc2)cc1. The maximum Gasteiger partial charge on any atom is -0.00946 e. The summed E-state index contributed by atoms with van der Waals surface area (Å²) in [5.41, 5.74) is 1.55. The van der Waals surface area contributed by atoms with Gasteiger partial charge in [-0.15, -0.1) is 0 Å². The molecule has 0 aliphatic heterocycles. The van der Waals surface area contributed by atoms with E-state index >= 15 is 0 Å². The highest BCUT2D eigenvalue weighted by atomic mass is 31.1. The normalized spacial score (nSPS) is 31.3. The number of rotatable bonds is 7. The van der Waals surface area contributed by atoms with Crippen molar-refractivity contribution in [1.29, 1.82) is 0 Å². The van der Waals surface area contributed by atoms with Crippen molar-refractivity contribution in [2.75, 3.05) is 0 Å². The average Bonchev–Trinajstić information content (AvgIpc) is 3.14. The van der Waals surface area contributed by atoms with Gasteiger partial charge >= 0.3 is 0 Å². The summed E-state index contributed by atoms with van der Waals surface area (Å²) in [6.07, 6.45) is 17.5. The number of fused-ring (bicyclic) bond motifs is 2. The summed E-state index contributed by atoms with van der Waals surface area (Å²) in [5, 5.41) is 6.48. The van der Waals surface area contributed by atoms with E-state index in [2.05, 4.69) is 121 Å². The van der Waals surface area contributed by atoms with Crippen LogP contribution in [0.2, 0.25) is 0 Å². The van der Waals surface area contributed by atoms with Crippen LogP contribution in [0.4, 0.5) is 0 Å². The summed E-state index contributed by atoms with van der Waals surface area (Å²) < 4.78 is 0. The van der Waals surface area contributed by atoms with Gasteiger partial charge in [-0.2, -0.15) is 0 Å². The van der Waals surface area contributed by atoms with Gasteiger partial charge in [-0.3, -0.25) is 0 Å². The summed E-state index contributed by atoms with van der Waals surface area (Å²) in [7, 11) is -0.859. The molecule has 4 aliphatic carbocycles. The van der Waals surface area contributed by atoms with Gasteiger partial charge in [0.05, 0.1) is 0 Å². The Morgan fingerprint density at radius 1 is 0.326 bits per heavy atom. The Balaban J connectivity index is 1.31. The van der Waals surface area contributed by atoms with Crippen LogP contribution in [0.25, 0.3) is 0 Å². The Kier molecular flexibility index (Phi) is 9.76. The largest absolute Gasteiger partial charge is 0.0622 e. The molecule has 4 aromatic rings. The van der Waals surface area contributed by atoms with E-state index in [-0.39, 0.29) is 0 Å². The lowest BCUT2D eigenvalue weighted by Gasteiger charge is -2.58. The molecule has 0 radical (unpaired) electrons. The van der Waals surface area contributed by atoms with E-state index in [4.69, 9.17) is 0 Å². The molecule has 0 N–H and O–H groups in total. The molecule has 46 heavy (non-hydrogen) atoms. The second-order valence-corrected chi connectivity index (χ2v) is 19.8. The van der Waals surface area contributed by atoms with Crippen LogP contribution >= 0.6 is 15.8 Å². The van der Waals surface area contributed by atoms with Gasteiger partial charge in [-0.05, 0) is 122 Å². The smallest absolute Gasteiger partial charge is 0.00946 e. The Labute approximate surface area is 281 Å². The van der Waals surface area contributed by atoms with E-state index < -0.39 is 15.8 Å². The maximum atomic E-state index is 2.49. The fraction of sp³-hybridized carbons (Fsp3) is 0.455. The molecule has 0 spiro atoms. The van der Waals surface area contributed by atoms with Crippen LogP contribution in [0.1, 0.15) is 77.0 Å². The zero-order valence-corrected chi connectivity index (χ0v) is 29.3. The summed E-state index contributed by atoms with van der Waals surface area (Å²) in [6, 6.07) is 47.4. The van der Waals surface area contributed by atoms with Crippen LogP contribution in [-0.4, -0.2) is 11.3 Å². The lowest BCUT2D eigenvalue weighted by molar-refractivity contribution is -0.00266. The van der Waals surface area contributed by atoms with Gasteiger partial charge in [0.1, 0.15) is 0 Å². The van der Waals surface area contributed by atoms with Crippen molar-refractivity contribution in [2.24, 2.45) is 35.5 Å². The van der Waals surface area contributed by atoms with Crippen LogP contribution in [-0.2, 0) is 0 Å². The van der Waals surface area contributed by atoms with Crippen LogP contribution in [0, 0.1) is 35.5 Å². The Bertz CT molecular complexity index is 1310. The first-order valence-electron chi connectivity index (χ1n) is 18.7. The first kappa shape index (κ1) is 31.0. The fourth-order valence-corrected chi connectivity index (χ4v) is 17.5. The molecular weight excluding hydrogens is 590 g/mol. The third-order valence-electron chi connectivity index (χ3n) is 12.7. The van der Waals surface area contributed by atoms with E-state index in [1.54, 1.807) is 21.2 Å². The van der Waals surface area contributed by atoms with Gasteiger partial charge in [0.25, 0.3) is 0 Å². The third-order valence-corrected chi connectivity index (χ3v) is 18.7. The van der Waals surface area contributed by atoms with Crippen molar-refractivity contribution >= 4 is 37.1 Å². The quantitative estimate of drug-likeness (QED) is 0.176. The van der Waals surface area contributed by atoms with Crippen molar-refractivity contribution in [2.45, 2.75) is 88.4 Å². The zero-order chi connectivity index (χ0) is 30.7. The molecule has 0 amide bonds. The van der Waals surface area contributed by atoms with E-state index in [1.807, 2.05) is 0 Å². The summed E-state index contributed by atoms with van der Waals surface area (Å²) >= 11 is 0. The minimum absolute atomic E-state index is 0.430. The Morgan fingerprint density at radius 3 is 0.957 bits per heavy atom. The minimum Gasteiger partial charge on any atom is -0.0622 e. The second kappa shape index (κ2) is 14.5. The maximum absolute atomic E-state index is 2.49. The van der Waals surface area contributed by atoms with Crippen molar-refractivity contribution in [3.63, 3.8) is 0 Å². The van der Waals surface area contributed by atoms with Gasteiger partial charge in [-0.25, -0.2) is 0 Å². The number of hydrogen-bond donors (Lipinski definition) is 0. The summed E-state index contributed by atoms with van der Waals surface area (Å²) in [5.74, 6) is 5.37. The van der Waals surface area contributed by atoms with Gasteiger partial charge in [0.2, 0.25) is 0 Å². The molecule has 0 heterocycles. The molecule has 4 aliphatic rings. The van der Waals surface area contributed by atoms with Gasteiger partial charge in [0, 0.05) is 0 Å². The molecule has 4 aromatic carbocycles. The molecular formula is C44H52P2. The Hall–Kier alpha value is -2.26. The van der Waals surface area contributed by atoms with Gasteiger partial charge in [0.15, 0.2) is 0 Å². The monoisotopic (exact) mass is 642 g/mol. The highest BCUT2D eigenvalue weighted by Gasteiger charge is 2.54. The van der Waals surface area contributed by atoms with Crippen LogP contribution in [0.3, 0.4) is 0 Å². The minimum atomic E-state index is -0.430. The second-order valence-electron chi connectivity index (χ2n) is 14.9. The topological polar surface area (TPSA) is 0 Å². The molecule has 4 fully saturated rings. The summed E-state index contributed by atoms with van der Waals surface area (Å²) in [6.45, 7) is 0. The van der Waals surface area contributed by atoms with Crippen molar-refractivity contribution in [3.8, 4) is 0 Å². The highest BCUT2D eigenvalue weighted by molar-refractivity contribution is 7.74. The van der Waals surface area contributed by atoms with Gasteiger partial charge in [-0.1, -0.05) is 160 Å². The molecule has 8 rings (SSSR count). The molecule has 0 bridgehead atoms. The standard InChI is InChI=1S/C44H52P2/c1-5-19-35(20-6-1)45(36-21-7-2-8-22-36)41-31-29-33-17-13-15-27-39(33)43(41)44-40-28-16-14-18-34(40)30-32-42(44)46(37-23-9-3-10-24-37)38-25-11-4-12-26-38/h1-12,19-26,33-34,39-44H,13-18,27-32H2. The number of hydrogen-bond acceptors (Lipinski definition) is 0. The third kappa shape index (κ3) is 6.20. The molecule has 2 heteroatoms. The molecule has 0 nitrogen and oxygen atoms in total. The first-order valence-corrected chi connectivity index (χ1v) is 21.5. The van der Waals surface area contributed by atoms with Gasteiger partial charge < -0.3 is 0 Å². The lowest BCUT2D eigenvalue weighted by atomic mass is 9.54. The Morgan fingerprint density at radius 2 is 0.630 bits per heavy atom. The average molecular weight is 643 g/mol. The van der Waals surface area contributed by atoms with E-state index in [0.717, 1.165) is 46.8 Å². The lowest BCUT2D eigenvalue weighted by Crippen LogP contribution is -2.53. The molecule has 0 saturated heterocycles. The van der Waals surface area contributed by atoms with Crippen LogP contribution < -0.4 is 21.2 Å². The molecule has 4 saturated carbocycles. The predicted octanol–water partition coefficient (Wildman–Crippen LogP) is 10.4.